The summed E-state index contributed by atoms with van der Waals surface area (Å²) in [6.45, 7) is 6.33. The highest BCUT2D eigenvalue weighted by Crippen LogP contribution is 2.37. The third-order valence-electron chi connectivity index (χ3n) is 6.15. The van der Waals surface area contributed by atoms with Gasteiger partial charge < -0.3 is 19.6 Å². The summed E-state index contributed by atoms with van der Waals surface area (Å²) in [4.78, 5) is 21.5. The minimum Gasteiger partial charge on any atom is -0.496 e. The normalized spacial score (nSPS) is 19.6. The Bertz CT molecular complexity index is 1060. The molecule has 1 fully saturated rings. The van der Waals surface area contributed by atoms with Crippen LogP contribution in [0.2, 0.25) is 0 Å². The van der Waals surface area contributed by atoms with E-state index in [9.17, 15) is 9.90 Å². The molecule has 31 heavy (non-hydrogen) atoms. The van der Waals surface area contributed by atoms with Crippen molar-refractivity contribution in [1.82, 2.24) is 14.9 Å². The Morgan fingerprint density at radius 2 is 2.10 bits per heavy atom. The molecule has 1 saturated heterocycles. The third-order valence-corrected chi connectivity index (χ3v) is 6.15. The van der Waals surface area contributed by atoms with E-state index in [0.717, 1.165) is 52.9 Å². The molecule has 2 N–H and O–H groups in total. The Morgan fingerprint density at radius 1 is 1.32 bits per heavy atom. The van der Waals surface area contributed by atoms with Crippen LogP contribution in [0.4, 0.5) is 0 Å². The number of benzene rings is 2. The summed E-state index contributed by atoms with van der Waals surface area (Å²) in [7, 11) is 1.70. The Hall–Kier alpha value is -2.90. The predicted molar refractivity (Wildman–Crippen MR) is 119 cm³/mol. The van der Waals surface area contributed by atoms with Crippen LogP contribution in [-0.4, -0.2) is 52.3 Å². The van der Waals surface area contributed by atoms with Gasteiger partial charge in [-0.25, -0.2) is 9.78 Å². The summed E-state index contributed by atoms with van der Waals surface area (Å²) >= 11 is 0. The summed E-state index contributed by atoms with van der Waals surface area (Å²) in [6.07, 6.45) is 3.74. The van der Waals surface area contributed by atoms with E-state index in [2.05, 4.69) is 14.9 Å². The Kier molecular flexibility index (Phi) is 6.25. The highest BCUT2D eigenvalue weighted by molar-refractivity contribution is 5.87. The molecule has 7 heteroatoms. The van der Waals surface area contributed by atoms with Crippen molar-refractivity contribution >= 4 is 17.0 Å². The number of carbonyl (C=O) groups is 1. The molecule has 164 valence electrons. The van der Waals surface area contributed by atoms with Crippen molar-refractivity contribution in [2.75, 3.05) is 20.3 Å². The number of rotatable bonds is 7. The number of methoxy groups -OCH3 is 1. The largest absolute Gasteiger partial charge is 0.496 e. The van der Waals surface area contributed by atoms with Crippen molar-refractivity contribution < 1.29 is 19.4 Å². The van der Waals surface area contributed by atoms with Gasteiger partial charge in [0.05, 0.1) is 36.1 Å². The van der Waals surface area contributed by atoms with Crippen LogP contribution in [0, 0.1) is 6.92 Å². The summed E-state index contributed by atoms with van der Waals surface area (Å²) in [5, 5.41) is 9.25. The highest BCUT2D eigenvalue weighted by Gasteiger charge is 2.31. The van der Waals surface area contributed by atoms with E-state index in [0.29, 0.717) is 18.7 Å². The van der Waals surface area contributed by atoms with Crippen LogP contribution in [0.25, 0.3) is 11.0 Å². The number of likely N-dealkylation sites (tertiary alicyclic amines) is 1. The zero-order chi connectivity index (χ0) is 22.0. The second-order valence-corrected chi connectivity index (χ2v) is 8.02. The third kappa shape index (κ3) is 4.29. The lowest BCUT2D eigenvalue weighted by molar-refractivity contribution is -0.0138. The number of aryl methyl sites for hydroxylation is 1. The molecule has 0 spiro atoms. The molecule has 1 aliphatic heterocycles. The number of aromatic nitrogens is 2. The number of carboxylic acid groups (broad SMARTS) is 1. The first-order chi connectivity index (χ1) is 15.0. The van der Waals surface area contributed by atoms with Crippen molar-refractivity contribution in [2.24, 2.45) is 0 Å². The molecule has 2 atom stereocenters. The summed E-state index contributed by atoms with van der Waals surface area (Å²) < 4.78 is 11.7. The van der Waals surface area contributed by atoms with Crippen molar-refractivity contribution in [3.05, 3.63) is 58.9 Å². The van der Waals surface area contributed by atoms with E-state index in [1.54, 1.807) is 25.6 Å². The first-order valence-corrected chi connectivity index (χ1v) is 10.7. The van der Waals surface area contributed by atoms with E-state index < -0.39 is 5.97 Å². The molecule has 0 radical (unpaired) electrons. The van der Waals surface area contributed by atoms with E-state index in [1.165, 1.54) is 0 Å². The van der Waals surface area contributed by atoms with Crippen LogP contribution in [-0.2, 0) is 11.3 Å². The number of fused-ring (bicyclic) bond motifs is 1. The Balaban J connectivity index is 1.69. The maximum Gasteiger partial charge on any atom is 0.335 e. The average molecular weight is 424 g/mol. The number of piperidine rings is 1. The average Bonchev–Trinajstić information content (AvgIpc) is 3.27. The van der Waals surface area contributed by atoms with E-state index in [4.69, 9.17) is 9.47 Å². The fourth-order valence-electron chi connectivity index (χ4n) is 4.59. The van der Waals surface area contributed by atoms with Crippen LogP contribution in [0.5, 0.6) is 5.75 Å². The molecule has 1 aliphatic rings. The molecule has 0 bridgehead atoms. The monoisotopic (exact) mass is 423 g/mol. The SMILES string of the molecule is CCO[C@H]1CCN(Cc2c(OC)cc(C)c3nc[nH]c23)[C@H](c2ccc(C(=O)O)cc2)C1. The highest BCUT2D eigenvalue weighted by atomic mass is 16.5. The van der Waals surface area contributed by atoms with Crippen molar-refractivity contribution in [3.63, 3.8) is 0 Å². The zero-order valence-electron chi connectivity index (χ0n) is 18.2. The first-order valence-electron chi connectivity index (χ1n) is 10.7. The molecule has 0 unspecified atom stereocenters. The second kappa shape index (κ2) is 9.08. The van der Waals surface area contributed by atoms with Crippen LogP contribution in [0.1, 0.15) is 52.9 Å². The molecule has 0 aliphatic carbocycles. The molecule has 2 heterocycles. The number of nitrogens with zero attached hydrogens (tertiary/aromatic N) is 2. The van der Waals surface area contributed by atoms with Gasteiger partial charge in [0.25, 0.3) is 0 Å². The van der Waals surface area contributed by atoms with Crippen LogP contribution in [0.15, 0.2) is 36.7 Å². The number of ether oxygens (including phenoxy) is 2. The van der Waals surface area contributed by atoms with Crippen molar-refractivity contribution in [1.29, 1.82) is 0 Å². The van der Waals surface area contributed by atoms with Crippen molar-refractivity contribution in [2.45, 2.75) is 45.4 Å². The van der Waals surface area contributed by atoms with Gasteiger partial charge in [-0.1, -0.05) is 12.1 Å². The van der Waals surface area contributed by atoms with Gasteiger partial charge in [-0.15, -0.1) is 0 Å². The quantitative estimate of drug-likeness (QED) is 0.588. The minimum absolute atomic E-state index is 0.122. The van der Waals surface area contributed by atoms with Gasteiger partial charge in [-0.05, 0) is 56.0 Å². The predicted octanol–water partition coefficient (Wildman–Crippen LogP) is 4.32. The van der Waals surface area contributed by atoms with Gasteiger partial charge >= 0.3 is 5.97 Å². The Morgan fingerprint density at radius 3 is 2.77 bits per heavy atom. The lowest BCUT2D eigenvalue weighted by Crippen LogP contribution is -2.39. The molecule has 0 saturated carbocycles. The second-order valence-electron chi connectivity index (χ2n) is 8.02. The van der Waals surface area contributed by atoms with Crippen LogP contribution >= 0.6 is 0 Å². The summed E-state index contributed by atoms with van der Waals surface area (Å²) in [6, 6.07) is 9.38. The smallest absolute Gasteiger partial charge is 0.335 e. The number of H-pyrrole nitrogens is 1. The topological polar surface area (TPSA) is 87.7 Å². The minimum atomic E-state index is -0.912. The number of hydrogen-bond donors (Lipinski definition) is 2. The lowest BCUT2D eigenvalue weighted by atomic mass is 9.91. The standard InChI is InChI=1S/C24H29N3O4/c1-4-31-18-9-10-27(20(12-18)16-5-7-17(8-6-16)24(28)29)13-19-21(30-3)11-15(2)22-23(19)26-14-25-22/h5-8,11,14,18,20H,4,9-10,12-13H2,1-3H3,(H,25,26)(H,28,29)/t18-,20-/m0/s1. The number of carboxylic acids is 1. The van der Waals surface area contributed by atoms with Gasteiger partial charge in [0.2, 0.25) is 0 Å². The van der Waals surface area contributed by atoms with Gasteiger partial charge in [-0.3, -0.25) is 4.90 Å². The Labute approximate surface area is 182 Å². The number of aromatic carboxylic acids is 1. The number of hydrogen-bond acceptors (Lipinski definition) is 5. The molecule has 2 aromatic carbocycles. The zero-order valence-corrected chi connectivity index (χ0v) is 18.2. The van der Waals surface area contributed by atoms with Gasteiger partial charge in [0.15, 0.2) is 0 Å². The first kappa shape index (κ1) is 21.3. The molecular formula is C24H29N3O4. The van der Waals surface area contributed by atoms with Crippen molar-refractivity contribution in [3.8, 4) is 5.75 Å². The van der Waals surface area contributed by atoms with Gasteiger partial charge in [-0.2, -0.15) is 0 Å². The van der Waals surface area contributed by atoms with Crippen LogP contribution < -0.4 is 4.74 Å². The van der Waals surface area contributed by atoms with E-state index in [1.807, 2.05) is 32.0 Å². The summed E-state index contributed by atoms with van der Waals surface area (Å²) in [5.74, 6) is -0.0635. The summed E-state index contributed by atoms with van der Waals surface area (Å²) in [5.41, 5.74) is 5.52. The van der Waals surface area contributed by atoms with E-state index >= 15 is 0 Å². The van der Waals surface area contributed by atoms with E-state index in [-0.39, 0.29) is 12.1 Å². The number of aromatic amines is 1. The lowest BCUT2D eigenvalue weighted by Gasteiger charge is -2.40. The molecule has 3 aromatic rings. The number of imidazole rings is 1. The molecule has 4 rings (SSSR count). The van der Waals surface area contributed by atoms with Crippen LogP contribution in [0.3, 0.4) is 0 Å². The van der Waals surface area contributed by atoms with Gasteiger partial charge in [0, 0.05) is 31.3 Å². The molecule has 1 aromatic heterocycles. The molecule has 7 nitrogen and oxygen atoms in total. The van der Waals surface area contributed by atoms with Gasteiger partial charge in [0.1, 0.15) is 5.75 Å². The molecule has 0 amide bonds. The fourth-order valence-corrected chi connectivity index (χ4v) is 4.59. The fraction of sp³-hybridized carbons (Fsp3) is 0.417. The molecular weight excluding hydrogens is 394 g/mol. The maximum absolute atomic E-state index is 11.3. The maximum atomic E-state index is 11.3. The number of nitrogens with one attached hydrogen (secondary N) is 1.